The number of hydrogen-bond acceptors (Lipinski definition) is 3. The molecule has 1 aliphatic rings. The highest BCUT2D eigenvalue weighted by molar-refractivity contribution is 5.78. The van der Waals surface area contributed by atoms with Gasteiger partial charge in [-0.05, 0) is 25.7 Å². The molecule has 0 spiro atoms. The summed E-state index contributed by atoms with van der Waals surface area (Å²) in [5, 5.41) is 11.5. The molecule has 5 heteroatoms. The third-order valence-corrected chi connectivity index (χ3v) is 2.81. The Kier molecular flexibility index (Phi) is 4.73. The van der Waals surface area contributed by atoms with Gasteiger partial charge in [-0.1, -0.05) is 0 Å². The number of hydrogen-bond donors (Lipinski definition) is 2. The second-order valence-electron chi connectivity index (χ2n) is 4.36. The zero-order valence-corrected chi connectivity index (χ0v) is 9.73. The number of ether oxygens (including phenoxy) is 1. The average Bonchev–Trinajstić information content (AvgIpc) is 2.98. The van der Waals surface area contributed by atoms with Crippen LogP contribution in [0.2, 0.25) is 0 Å². The third-order valence-electron chi connectivity index (χ3n) is 2.81. The van der Waals surface area contributed by atoms with Gasteiger partial charge < -0.3 is 15.2 Å². The lowest BCUT2D eigenvalue weighted by atomic mass is 10.1. The van der Waals surface area contributed by atoms with Crippen molar-refractivity contribution >= 4 is 11.9 Å². The first-order valence-electron chi connectivity index (χ1n) is 5.57. The summed E-state index contributed by atoms with van der Waals surface area (Å²) in [7, 11) is 1.55. The molecule has 2 atom stereocenters. The van der Waals surface area contributed by atoms with Crippen LogP contribution < -0.4 is 5.32 Å². The van der Waals surface area contributed by atoms with E-state index in [0.717, 1.165) is 12.8 Å². The number of amides is 1. The lowest BCUT2D eigenvalue weighted by Crippen LogP contribution is -2.39. The highest BCUT2D eigenvalue weighted by atomic mass is 16.5. The van der Waals surface area contributed by atoms with Gasteiger partial charge in [-0.15, -0.1) is 0 Å². The highest BCUT2D eigenvalue weighted by Gasteiger charge is 2.33. The lowest BCUT2D eigenvalue weighted by molar-refractivity contribution is -0.138. The van der Waals surface area contributed by atoms with Crippen LogP contribution in [-0.2, 0) is 14.3 Å². The minimum atomic E-state index is -0.864. The molecule has 1 saturated carbocycles. The Morgan fingerprint density at radius 3 is 2.50 bits per heavy atom. The largest absolute Gasteiger partial charge is 0.481 e. The van der Waals surface area contributed by atoms with Gasteiger partial charge in [-0.2, -0.15) is 0 Å². The summed E-state index contributed by atoms with van der Waals surface area (Å²) in [6.45, 7) is 1.81. The Hall–Kier alpha value is -1.10. The summed E-state index contributed by atoms with van der Waals surface area (Å²) in [6, 6.07) is -0.214. The smallest absolute Gasteiger partial charge is 0.305 e. The summed E-state index contributed by atoms with van der Waals surface area (Å²) in [6.07, 6.45) is 2.18. The Morgan fingerprint density at radius 2 is 2.06 bits per heavy atom. The fourth-order valence-electron chi connectivity index (χ4n) is 1.63. The van der Waals surface area contributed by atoms with E-state index in [1.54, 1.807) is 7.11 Å². The molecule has 0 aromatic rings. The van der Waals surface area contributed by atoms with Gasteiger partial charge in [0.05, 0.1) is 18.9 Å². The molecule has 5 nitrogen and oxygen atoms in total. The fraction of sp³-hybridized carbons (Fsp3) is 0.818. The number of methoxy groups -OCH3 is 1. The van der Waals surface area contributed by atoms with Crippen molar-refractivity contribution in [3.8, 4) is 0 Å². The van der Waals surface area contributed by atoms with Crippen molar-refractivity contribution in [3.05, 3.63) is 0 Å². The van der Waals surface area contributed by atoms with E-state index in [0.29, 0.717) is 5.92 Å². The van der Waals surface area contributed by atoms with E-state index in [9.17, 15) is 9.59 Å². The van der Waals surface area contributed by atoms with Gasteiger partial charge in [0.25, 0.3) is 0 Å². The van der Waals surface area contributed by atoms with Crippen molar-refractivity contribution in [3.63, 3.8) is 0 Å². The molecule has 0 aromatic carbocycles. The molecule has 1 amide bonds. The normalized spacial score (nSPS) is 18.9. The highest BCUT2D eigenvalue weighted by Crippen LogP contribution is 2.34. The molecule has 0 aromatic heterocycles. The zero-order valence-electron chi connectivity index (χ0n) is 9.73. The molecule has 2 unspecified atom stereocenters. The first-order valence-corrected chi connectivity index (χ1v) is 5.57. The van der Waals surface area contributed by atoms with Crippen LogP contribution in [-0.4, -0.2) is 36.2 Å². The quantitative estimate of drug-likeness (QED) is 0.676. The molecular formula is C11H19NO4. The summed E-state index contributed by atoms with van der Waals surface area (Å²) >= 11 is 0. The van der Waals surface area contributed by atoms with Crippen LogP contribution in [0.4, 0.5) is 0 Å². The van der Waals surface area contributed by atoms with Crippen molar-refractivity contribution in [2.45, 2.75) is 44.8 Å². The molecule has 0 radical (unpaired) electrons. The van der Waals surface area contributed by atoms with Crippen molar-refractivity contribution in [2.75, 3.05) is 7.11 Å². The maximum Gasteiger partial charge on any atom is 0.305 e. The molecule has 2 N–H and O–H groups in total. The molecule has 0 saturated heterocycles. The summed E-state index contributed by atoms with van der Waals surface area (Å²) in [4.78, 5) is 22.2. The molecule has 0 aliphatic heterocycles. The Labute approximate surface area is 95.2 Å². The number of carboxylic acid groups (broad SMARTS) is 1. The van der Waals surface area contributed by atoms with Crippen LogP contribution in [0.3, 0.4) is 0 Å². The summed E-state index contributed by atoms with van der Waals surface area (Å²) in [5.41, 5.74) is 0. The van der Waals surface area contributed by atoms with Crippen LogP contribution in [0, 0.1) is 5.92 Å². The first-order chi connectivity index (χ1) is 7.52. The Morgan fingerprint density at radius 1 is 1.44 bits per heavy atom. The van der Waals surface area contributed by atoms with Crippen LogP contribution in [0.25, 0.3) is 0 Å². The van der Waals surface area contributed by atoms with Crippen LogP contribution in [0.15, 0.2) is 0 Å². The van der Waals surface area contributed by atoms with Crippen LogP contribution >= 0.6 is 0 Å². The van der Waals surface area contributed by atoms with Crippen LogP contribution in [0.5, 0.6) is 0 Å². The van der Waals surface area contributed by atoms with Gasteiger partial charge in [-0.3, -0.25) is 9.59 Å². The van der Waals surface area contributed by atoms with E-state index < -0.39 is 5.97 Å². The van der Waals surface area contributed by atoms with E-state index in [2.05, 4.69) is 5.32 Å². The standard InChI is InChI=1S/C11H19NO4/c1-7(16-2)5-10(13)12-9(6-11(14)15)8-3-4-8/h7-9H,3-6H2,1-2H3,(H,12,13)(H,14,15). The van der Waals surface area contributed by atoms with Gasteiger partial charge in [0.2, 0.25) is 5.91 Å². The molecule has 1 fully saturated rings. The number of rotatable bonds is 7. The van der Waals surface area contributed by atoms with Gasteiger partial charge in [-0.25, -0.2) is 0 Å². The zero-order chi connectivity index (χ0) is 12.1. The average molecular weight is 229 g/mol. The summed E-state index contributed by atoms with van der Waals surface area (Å²) < 4.78 is 4.98. The predicted octanol–water partition coefficient (Wildman–Crippen LogP) is 0.781. The van der Waals surface area contributed by atoms with E-state index in [1.165, 1.54) is 0 Å². The number of carbonyl (C=O) groups is 2. The Balaban J connectivity index is 2.35. The number of carboxylic acids is 1. The van der Waals surface area contributed by atoms with Crippen molar-refractivity contribution < 1.29 is 19.4 Å². The van der Waals surface area contributed by atoms with E-state index in [-0.39, 0.29) is 30.9 Å². The number of nitrogens with one attached hydrogen (secondary N) is 1. The third kappa shape index (κ3) is 4.61. The van der Waals surface area contributed by atoms with Crippen molar-refractivity contribution in [2.24, 2.45) is 5.92 Å². The minimum Gasteiger partial charge on any atom is -0.481 e. The fourth-order valence-corrected chi connectivity index (χ4v) is 1.63. The second kappa shape index (κ2) is 5.84. The summed E-state index contributed by atoms with van der Waals surface area (Å²) in [5.74, 6) is -0.651. The second-order valence-corrected chi connectivity index (χ2v) is 4.36. The molecular weight excluding hydrogens is 210 g/mol. The molecule has 1 rings (SSSR count). The van der Waals surface area contributed by atoms with Gasteiger partial charge in [0.15, 0.2) is 0 Å². The number of carbonyl (C=O) groups excluding carboxylic acids is 1. The topological polar surface area (TPSA) is 75.6 Å². The van der Waals surface area contributed by atoms with Crippen LogP contribution in [0.1, 0.15) is 32.6 Å². The van der Waals surface area contributed by atoms with E-state index in [4.69, 9.17) is 9.84 Å². The van der Waals surface area contributed by atoms with E-state index in [1.807, 2.05) is 6.92 Å². The Bertz CT molecular complexity index is 263. The monoisotopic (exact) mass is 229 g/mol. The predicted molar refractivity (Wildman–Crippen MR) is 58.0 cm³/mol. The van der Waals surface area contributed by atoms with Gasteiger partial charge in [0.1, 0.15) is 0 Å². The SMILES string of the molecule is COC(C)CC(=O)NC(CC(=O)O)C1CC1. The van der Waals surface area contributed by atoms with Gasteiger partial charge in [0, 0.05) is 13.2 Å². The minimum absolute atomic E-state index is 0.0117. The molecule has 1 aliphatic carbocycles. The van der Waals surface area contributed by atoms with Gasteiger partial charge >= 0.3 is 5.97 Å². The maximum atomic E-state index is 11.6. The first kappa shape index (κ1) is 13.0. The molecule has 0 bridgehead atoms. The van der Waals surface area contributed by atoms with Crippen molar-refractivity contribution in [1.82, 2.24) is 5.32 Å². The molecule has 92 valence electrons. The van der Waals surface area contributed by atoms with E-state index >= 15 is 0 Å². The van der Waals surface area contributed by atoms with Crippen molar-refractivity contribution in [1.29, 1.82) is 0 Å². The molecule has 0 heterocycles. The molecule has 16 heavy (non-hydrogen) atoms. The number of aliphatic carboxylic acids is 1. The maximum absolute atomic E-state index is 11.6. The lowest BCUT2D eigenvalue weighted by Gasteiger charge is -2.17.